The molecule has 11 heteroatoms. The van der Waals surface area contributed by atoms with Gasteiger partial charge in [-0.05, 0) is 77.9 Å². The van der Waals surface area contributed by atoms with Crippen molar-refractivity contribution in [2.75, 3.05) is 6.54 Å². The van der Waals surface area contributed by atoms with E-state index in [0.717, 1.165) is 23.3 Å². The van der Waals surface area contributed by atoms with Crippen molar-refractivity contribution in [3.8, 4) is 22.5 Å². The first kappa shape index (κ1) is 30.1. The van der Waals surface area contributed by atoms with Crippen LogP contribution in [-0.2, 0) is 11.0 Å². The minimum atomic E-state index is -4.44. The van der Waals surface area contributed by atoms with Gasteiger partial charge in [-0.2, -0.15) is 18.3 Å². The number of carboxylic acid groups (broad SMARTS) is 1. The number of alkyl halides is 3. The summed E-state index contributed by atoms with van der Waals surface area (Å²) in [5, 5.41) is 18.2. The van der Waals surface area contributed by atoms with E-state index in [-0.39, 0.29) is 24.9 Å². The third-order valence-electron chi connectivity index (χ3n) is 7.00. The zero-order valence-electron chi connectivity index (χ0n) is 22.6. The van der Waals surface area contributed by atoms with Crippen LogP contribution in [0.1, 0.15) is 40.9 Å². The van der Waals surface area contributed by atoms with Crippen molar-refractivity contribution in [2.45, 2.75) is 25.6 Å². The lowest BCUT2D eigenvalue weighted by atomic mass is 10.0. The van der Waals surface area contributed by atoms with Gasteiger partial charge in [0.05, 0.1) is 29.4 Å². The number of carboxylic acids is 1. The number of aliphatic carboxylic acids is 1. The van der Waals surface area contributed by atoms with Crippen LogP contribution in [0.5, 0.6) is 0 Å². The number of nitrogens with zero attached hydrogens (tertiary/aromatic N) is 2. The average molecular weight is 626 g/mol. The molecule has 5 rings (SSSR count). The standard InChI is InChI=1S/C32H24Cl2F3N3O3/c1-18(19-2-4-20(5-3-19)31(43)38-11-10-30(41)42)40-29(17-28(39-40)24-14-26(33)16-27(34)15-24)23-7-6-22-13-25(32(35,36)37)9-8-21(22)12-23/h2-9,12-18H,10-11H2,1H3,(H,38,43)(H,41,42)/t18-/m1/s1. The van der Waals surface area contributed by atoms with Crippen molar-refractivity contribution in [1.82, 2.24) is 15.1 Å². The van der Waals surface area contributed by atoms with E-state index in [1.54, 1.807) is 59.3 Å². The van der Waals surface area contributed by atoms with Crippen molar-refractivity contribution >= 4 is 45.9 Å². The first-order valence-electron chi connectivity index (χ1n) is 13.2. The molecule has 6 nitrogen and oxygen atoms in total. The quantitative estimate of drug-likeness (QED) is 0.181. The second-order valence-electron chi connectivity index (χ2n) is 9.99. The Kier molecular flexibility index (Phi) is 8.48. The zero-order chi connectivity index (χ0) is 30.9. The predicted molar refractivity (Wildman–Crippen MR) is 160 cm³/mol. The van der Waals surface area contributed by atoms with E-state index in [1.807, 2.05) is 19.1 Å². The maximum Gasteiger partial charge on any atom is 0.416 e. The first-order chi connectivity index (χ1) is 20.4. The van der Waals surface area contributed by atoms with Gasteiger partial charge in [-0.15, -0.1) is 0 Å². The fraction of sp³-hybridized carbons (Fsp3) is 0.156. The number of benzene rings is 4. The molecule has 0 saturated carbocycles. The zero-order valence-corrected chi connectivity index (χ0v) is 24.1. The summed E-state index contributed by atoms with van der Waals surface area (Å²) in [6.07, 6.45) is -4.62. The molecule has 0 spiro atoms. The minimum Gasteiger partial charge on any atom is -0.481 e. The summed E-state index contributed by atoms with van der Waals surface area (Å²) >= 11 is 12.5. The Bertz CT molecular complexity index is 1820. The molecule has 0 aliphatic carbocycles. The Morgan fingerprint density at radius 2 is 1.53 bits per heavy atom. The lowest BCUT2D eigenvalue weighted by Crippen LogP contribution is -2.26. The molecule has 0 saturated heterocycles. The van der Waals surface area contributed by atoms with E-state index in [2.05, 4.69) is 5.32 Å². The van der Waals surface area contributed by atoms with Gasteiger partial charge < -0.3 is 10.4 Å². The van der Waals surface area contributed by atoms with Gasteiger partial charge in [0, 0.05) is 33.3 Å². The summed E-state index contributed by atoms with van der Waals surface area (Å²) in [5.41, 5.74) is 3.21. The molecule has 5 aromatic rings. The van der Waals surface area contributed by atoms with Crippen LogP contribution < -0.4 is 5.32 Å². The molecule has 0 aliphatic rings. The molecule has 0 fully saturated rings. The molecule has 1 aromatic heterocycles. The summed E-state index contributed by atoms with van der Waals surface area (Å²) in [5.74, 6) is -1.39. The Hall–Kier alpha value is -4.34. The van der Waals surface area contributed by atoms with Gasteiger partial charge in [0.1, 0.15) is 0 Å². The van der Waals surface area contributed by atoms with E-state index in [1.165, 1.54) is 6.07 Å². The highest BCUT2D eigenvalue weighted by molar-refractivity contribution is 6.35. The van der Waals surface area contributed by atoms with Crippen molar-refractivity contribution in [2.24, 2.45) is 0 Å². The van der Waals surface area contributed by atoms with Gasteiger partial charge >= 0.3 is 12.1 Å². The lowest BCUT2D eigenvalue weighted by Gasteiger charge is -2.17. The van der Waals surface area contributed by atoms with Gasteiger partial charge in [-0.25, -0.2) is 0 Å². The van der Waals surface area contributed by atoms with Crippen molar-refractivity contribution < 1.29 is 27.9 Å². The van der Waals surface area contributed by atoms with E-state index in [4.69, 9.17) is 33.4 Å². The largest absolute Gasteiger partial charge is 0.481 e. The summed E-state index contributed by atoms with van der Waals surface area (Å²) in [6.45, 7) is 1.95. The topological polar surface area (TPSA) is 84.2 Å². The number of nitrogens with one attached hydrogen (secondary N) is 1. The van der Waals surface area contributed by atoms with Crippen molar-refractivity contribution in [3.05, 3.63) is 112 Å². The van der Waals surface area contributed by atoms with Crippen molar-refractivity contribution in [3.63, 3.8) is 0 Å². The molecule has 4 aromatic carbocycles. The summed E-state index contributed by atoms with van der Waals surface area (Å²) < 4.78 is 41.6. The molecule has 43 heavy (non-hydrogen) atoms. The second-order valence-corrected chi connectivity index (χ2v) is 10.9. The SMILES string of the molecule is C[C@H](c1ccc(C(=O)NCCC(=O)O)cc1)n1nc(-c2cc(Cl)cc(Cl)c2)cc1-c1ccc2cc(C(F)(F)F)ccc2c1. The number of fused-ring (bicyclic) bond motifs is 1. The molecule has 1 heterocycles. The smallest absolute Gasteiger partial charge is 0.416 e. The van der Waals surface area contributed by atoms with E-state index >= 15 is 0 Å². The third kappa shape index (κ3) is 6.84. The first-order valence-corrected chi connectivity index (χ1v) is 13.9. The molecule has 0 radical (unpaired) electrons. The van der Waals surface area contributed by atoms with E-state index in [9.17, 15) is 22.8 Å². The Labute approximate surface area is 254 Å². The van der Waals surface area contributed by atoms with Crippen LogP contribution in [0.4, 0.5) is 13.2 Å². The van der Waals surface area contributed by atoms with Crippen LogP contribution in [0.15, 0.2) is 84.9 Å². The maximum atomic E-state index is 13.3. The predicted octanol–water partition coefficient (Wildman–Crippen LogP) is 8.51. The third-order valence-corrected chi connectivity index (χ3v) is 7.44. The fourth-order valence-corrected chi connectivity index (χ4v) is 5.29. The number of carbonyl (C=O) groups is 2. The minimum absolute atomic E-state index is 0.0164. The monoisotopic (exact) mass is 625 g/mol. The van der Waals surface area contributed by atoms with Crippen LogP contribution >= 0.6 is 23.2 Å². The second kappa shape index (κ2) is 12.1. The molecule has 0 aliphatic heterocycles. The number of amides is 1. The Morgan fingerprint density at radius 3 is 2.19 bits per heavy atom. The Balaban J connectivity index is 1.53. The summed E-state index contributed by atoms with van der Waals surface area (Å²) in [6, 6.07) is 22.4. The van der Waals surface area contributed by atoms with Crippen LogP contribution in [0.3, 0.4) is 0 Å². The highest BCUT2D eigenvalue weighted by Gasteiger charge is 2.30. The van der Waals surface area contributed by atoms with Gasteiger partial charge in [0.15, 0.2) is 0 Å². The molecular weight excluding hydrogens is 602 g/mol. The number of aromatic nitrogens is 2. The number of carbonyl (C=O) groups excluding carboxylic acids is 1. The highest BCUT2D eigenvalue weighted by Crippen LogP contribution is 2.36. The van der Waals surface area contributed by atoms with Gasteiger partial charge in [0.2, 0.25) is 0 Å². The van der Waals surface area contributed by atoms with E-state index < -0.39 is 17.7 Å². The number of halogens is 5. The summed E-state index contributed by atoms with van der Waals surface area (Å²) in [4.78, 5) is 23.1. The van der Waals surface area contributed by atoms with Crippen LogP contribution in [0.2, 0.25) is 10.0 Å². The van der Waals surface area contributed by atoms with Crippen LogP contribution in [0, 0.1) is 0 Å². The van der Waals surface area contributed by atoms with E-state index in [0.29, 0.717) is 43.3 Å². The van der Waals surface area contributed by atoms with Gasteiger partial charge in [0.25, 0.3) is 5.91 Å². The van der Waals surface area contributed by atoms with Crippen LogP contribution in [-0.4, -0.2) is 33.3 Å². The molecule has 2 N–H and O–H groups in total. The molecular formula is C32H24Cl2F3N3O3. The van der Waals surface area contributed by atoms with Gasteiger partial charge in [-0.3, -0.25) is 14.3 Å². The van der Waals surface area contributed by atoms with Crippen molar-refractivity contribution in [1.29, 1.82) is 0 Å². The number of rotatable bonds is 8. The Morgan fingerprint density at radius 1 is 0.884 bits per heavy atom. The highest BCUT2D eigenvalue weighted by atomic mass is 35.5. The molecule has 0 bridgehead atoms. The van der Waals surface area contributed by atoms with Gasteiger partial charge in [-0.1, -0.05) is 53.5 Å². The van der Waals surface area contributed by atoms with Crippen LogP contribution in [0.25, 0.3) is 33.3 Å². The average Bonchev–Trinajstić information content (AvgIpc) is 3.41. The summed E-state index contributed by atoms with van der Waals surface area (Å²) in [7, 11) is 0. The molecule has 0 unspecified atom stereocenters. The lowest BCUT2D eigenvalue weighted by molar-refractivity contribution is -0.138. The number of hydrogen-bond acceptors (Lipinski definition) is 3. The molecule has 1 amide bonds. The normalized spacial score (nSPS) is 12.3. The maximum absolute atomic E-state index is 13.3. The molecule has 220 valence electrons. The molecule has 1 atom stereocenters. The fourth-order valence-electron chi connectivity index (χ4n) is 4.77. The number of hydrogen-bond donors (Lipinski definition) is 2.